The summed E-state index contributed by atoms with van der Waals surface area (Å²) < 4.78 is 5.80. The van der Waals surface area contributed by atoms with Crippen molar-refractivity contribution in [3.05, 3.63) is 71.3 Å². The van der Waals surface area contributed by atoms with E-state index < -0.39 is 18.2 Å². The van der Waals surface area contributed by atoms with Crippen molar-refractivity contribution >= 4 is 18.2 Å². The van der Waals surface area contributed by atoms with Gasteiger partial charge in [0.2, 0.25) is 5.91 Å². The molecule has 0 saturated heterocycles. The minimum absolute atomic E-state index is 0.201. The first-order valence-corrected chi connectivity index (χ1v) is 11.4. The van der Waals surface area contributed by atoms with Gasteiger partial charge in [-0.25, -0.2) is 0 Å². The van der Waals surface area contributed by atoms with Gasteiger partial charge < -0.3 is 19.5 Å². The molecule has 176 valence electrons. The van der Waals surface area contributed by atoms with Gasteiger partial charge in [0, 0.05) is 25.0 Å². The fraction of sp³-hybridized carbons (Fsp3) is 0.423. The van der Waals surface area contributed by atoms with Gasteiger partial charge in [-0.1, -0.05) is 54.6 Å². The molecule has 1 unspecified atom stereocenters. The second kappa shape index (κ2) is 11.7. The van der Waals surface area contributed by atoms with Crippen molar-refractivity contribution < 1.29 is 24.2 Å². The number of ether oxygens (including phenoxy) is 1. The Labute approximate surface area is 194 Å². The molecule has 0 aliphatic heterocycles. The van der Waals surface area contributed by atoms with Crippen molar-refractivity contribution in [2.75, 3.05) is 13.2 Å². The SMILES string of the molecule is CCOC(C[C@H](C=O)c1ccccc1)N[C@@H](C)C(=O)N(CC(=O)O)C1Cc2ccccc2C1. The van der Waals surface area contributed by atoms with Crippen LogP contribution in [0.25, 0.3) is 0 Å². The van der Waals surface area contributed by atoms with E-state index in [9.17, 15) is 19.5 Å². The van der Waals surface area contributed by atoms with Crippen LogP contribution >= 0.6 is 0 Å². The van der Waals surface area contributed by atoms with Gasteiger partial charge in [-0.05, 0) is 43.4 Å². The summed E-state index contributed by atoms with van der Waals surface area (Å²) in [6.07, 6.45) is 2.00. The third-order valence-corrected chi connectivity index (χ3v) is 6.09. The Kier molecular flexibility index (Phi) is 8.74. The average Bonchev–Trinajstić information content (AvgIpc) is 3.25. The number of rotatable bonds is 12. The summed E-state index contributed by atoms with van der Waals surface area (Å²) in [6.45, 7) is 3.62. The zero-order chi connectivity index (χ0) is 23.8. The maximum Gasteiger partial charge on any atom is 0.323 e. The van der Waals surface area contributed by atoms with Gasteiger partial charge in [0.05, 0.1) is 6.04 Å². The maximum absolute atomic E-state index is 13.4. The number of carbonyl (C=O) groups is 3. The van der Waals surface area contributed by atoms with Crippen molar-refractivity contribution in [2.24, 2.45) is 0 Å². The number of aldehydes is 1. The number of amides is 1. The fourth-order valence-corrected chi connectivity index (χ4v) is 4.47. The number of carboxylic acid groups (broad SMARTS) is 1. The Balaban J connectivity index is 1.70. The molecule has 0 spiro atoms. The molecule has 3 rings (SSSR count). The fourth-order valence-electron chi connectivity index (χ4n) is 4.47. The standard InChI is InChI=1S/C26H32N2O5/c1-3-33-24(15-22(17-29)19-9-5-4-6-10-19)27-18(2)26(32)28(16-25(30)31)23-13-20-11-7-8-12-21(20)14-23/h4-12,17-18,22-24,27H,3,13-16H2,1-2H3,(H,30,31)/t18-,22+,24?/m0/s1. The molecule has 2 aromatic carbocycles. The Morgan fingerprint density at radius 2 is 1.73 bits per heavy atom. The highest BCUT2D eigenvalue weighted by Gasteiger charge is 2.34. The molecule has 1 aliphatic carbocycles. The molecule has 0 fully saturated rings. The normalized spacial score (nSPS) is 15.9. The first-order chi connectivity index (χ1) is 15.9. The lowest BCUT2D eigenvalue weighted by atomic mass is 9.96. The van der Waals surface area contributed by atoms with E-state index in [2.05, 4.69) is 5.32 Å². The van der Waals surface area contributed by atoms with E-state index in [1.807, 2.05) is 61.5 Å². The van der Waals surface area contributed by atoms with Crippen LogP contribution in [-0.2, 0) is 32.0 Å². The Morgan fingerprint density at radius 1 is 1.12 bits per heavy atom. The number of fused-ring (bicyclic) bond motifs is 1. The number of carbonyl (C=O) groups excluding carboxylic acids is 2. The number of nitrogens with zero attached hydrogens (tertiary/aromatic N) is 1. The quantitative estimate of drug-likeness (QED) is 0.380. The van der Waals surface area contributed by atoms with E-state index in [0.29, 0.717) is 25.9 Å². The summed E-state index contributed by atoms with van der Waals surface area (Å²) in [6, 6.07) is 16.5. The van der Waals surface area contributed by atoms with Crippen LogP contribution in [-0.4, -0.2) is 59.6 Å². The molecule has 2 aromatic rings. The van der Waals surface area contributed by atoms with Crippen LogP contribution < -0.4 is 5.32 Å². The van der Waals surface area contributed by atoms with Crippen LogP contribution in [0.5, 0.6) is 0 Å². The summed E-state index contributed by atoms with van der Waals surface area (Å²) in [5, 5.41) is 12.6. The lowest BCUT2D eigenvalue weighted by Gasteiger charge is -2.32. The molecule has 7 heteroatoms. The van der Waals surface area contributed by atoms with Crippen LogP contribution in [0.15, 0.2) is 54.6 Å². The van der Waals surface area contributed by atoms with Crippen molar-refractivity contribution in [2.45, 2.75) is 57.3 Å². The third-order valence-electron chi connectivity index (χ3n) is 6.09. The summed E-state index contributed by atoms with van der Waals surface area (Å²) in [5.74, 6) is -1.71. The minimum atomic E-state index is -1.04. The van der Waals surface area contributed by atoms with E-state index in [-0.39, 0.29) is 24.4 Å². The molecular weight excluding hydrogens is 420 g/mol. The zero-order valence-corrected chi connectivity index (χ0v) is 19.1. The molecule has 0 radical (unpaired) electrons. The van der Waals surface area contributed by atoms with E-state index in [0.717, 1.165) is 23.0 Å². The minimum Gasteiger partial charge on any atom is -0.480 e. The molecule has 0 saturated carbocycles. The van der Waals surface area contributed by atoms with Crippen LogP contribution in [0.1, 0.15) is 42.9 Å². The largest absolute Gasteiger partial charge is 0.480 e. The van der Waals surface area contributed by atoms with E-state index in [1.54, 1.807) is 6.92 Å². The average molecular weight is 453 g/mol. The number of benzene rings is 2. The highest BCUT2D eigenvalue weighted by Crippen LogP contribution is 2.26. The van der Waals surface area contributed by atoms with Crippen molar-refractivity contribution in [1.29, 1.82) is 0 Å². The summed E-state index contributed by atoms with van der Waals surface area (Å²) >= 11 is 0. The Bertz CT molecular complexity index is 924. The first kappa shape index (κ1) is 24.6. The topological polar surface area (TPSA) is 95.9 Å². The van der Waals surface area contributed by atoms with Gasteiger partial charge in [-0.3, -0.25) is 14.9 Å². The van der Waals surface area contributed by atoms with Crippen LogP contribution in [0.4, 0.5) is 0 Å². The molecule has 3 atom stereocenters. The highest BCUT2D eigenvalue weighted by atomic mass is 16.5. The molecule has 33 heavy (non-hydrogen) atoms. The smallest absolute Gasteiger partial charge is 0.323 e. The summed E-state index contributed by atoms with van der Waals surface area (Å²) in [4.78, 5) is 38.1. The molecule has 0 bridgehead atoms. The Morgan fingerprint density at radius 3 is 2.27 bits per heavy atom. The zero-order valence-electron chi connectivity index (χ0n) is 19.1. The monoisotopic (exact) mass is 452 g/mol. The predicted molar refractivity (Wildman–Crippen MR) is 125 cm³/mol. The van der Waals surface area contributed by atoms with Crippen LogP contribution in [0.3, 0.4) is 0 Å². The molecule has 2 N–H and O–H groups in total. The first-order valence-electron chi connectivity index (χ1n) is 11.4. The Hall–Kier alpha value is -3.03. The molecule has 0 aromatic heterocycles. The molecule has 7 nitrogen and oxygen atoms in total. The number of nitrogens with one attached hydrogen (secondary N) is 1. The molecule has 1 aliphatic rings. The second-order valence-electron chi connectivity index (χ2n) is 8.41. The van der Waals surface area contributed by atoms with Crippen LogP contribution in [0.2, 0.25) is 0 Å². The van der Waals surface area contributed by atoms with Gasteiger partial charge >= 0.3 is 5.97 Å². The maximum atomic E-state index is 13.4. The second-order valence-corrected chi connectivity index (χ2v) is 8.41. The van der Waals surface area contributed by atoms with E-state index in [1.165, 1.54) is 4.90 Å². The van der Waals surface area contributed by atoms with Crippen molar-refractivity contribution in [1.82, 2.24) is 10.2 Å². The lowest BCUT2D eigenvalue weighted by Crippen LogP contribution is -2.54. The van der Waals surface area contributed by atoms with Gasteiger partial charge in [0.1, 0.15) is 19.1 Å². The predicted octanol–water partition coefficient (Wildman–Crippen LogP) is 2.78. The number of hydrogen-bond donors (Lipinski definition) is 2. The van der Waals surface area contributed by atoms with Gasteiger partial charge in [-0.2, -0.15) is 0 Å². The van der Waals surface area contributed by atoms with Crippen molar-refractivity contribution in [3.8, 4) is 0 Å². The molecule has 0 heterocycles. The van der Waals surface area contributed by atoms with Gasteiger partial charge in [0.25, 0.3) is 0 Å². The lowest BCUT2D eigenvalue weighted by molar-refractivity contribution is -0.147. The van der Waals surface area contributed by atoms with Crippen LogP contribution in [0, 0.1) is 0 Å². The van der Waals surface area contributed by atoms with E-state index in [4.69, 9.17) is 4.74 Å². The molecule has 1 amide bonds. The number of carboxylic acids is 1. The summed E-state index contributed by atoms with van der Waals surface area (Å²) in [5.41, 5.74) is 3.18. The third kappa shape index (κ3) is 6.49. The van der Waals surface area contributed by atoms with E-state index >= 15 is 0 Å². The summed E-state index contributed by atoms with van der Waals surface area (Å²) in [7, 11) is 0. The number of hydrogen-bond acceptors (Lipinski definition) is 5. The highest BCUT2D eigenvalue weighted by molar-refractivity contribution is 5.85. The van der Waals surface area contributed by atoms with Gasteiger partial charge in [0.15, 0.2) is 0 Å². The van der Waals surface area contributed by atoms with Gasteiger partial charge in [-0.15, -0.1) is 0 Å². The molecular formula is C26H32N2O5. The van der Waals surface area contributed by atoms with Crippen molar-refractivity contribution in [3.63, 3.8) is 0 Å². The number of aliphatic carboxylic acids is 1.